The molecule has 2 heterocycles. The summed E-state index contributed by atoms with van der Waals surface area (Å²) in [7, 11) is 0. The van der Waals surface area contributed by atoms with Crippen LogP contribution in [-0.2, 0) is 22.4 Å². The Labute approximate surface area is 235 Å². The van der Waals surface area contributed by atoms with Crippen LogP contribution in [0.3, 0.4) is 0 Å². The first-order chi connectivity index (χ1) is 18.8. The van der Waals surface area contributed by atoms with Crippen LogP contribution in [0.25, 0.3) is 0 Å². The number of aromatic amines is 1. The minimum Gasteiger partial charge on any atom is -0.481 e. The van der Waals surface area contributed by atoms with Crippen LogP contribution in [-0.4, -0.2) is 63.6 Å². The smallest absolute Gasteiger partial charge is 0.315 e. The van der Waals surface area contributed by atoms with Gasteiger partial charge in [0, 0.05) is 50.1 Å². The first kappa shape index (κ1) is 28.9. The molecule has 0 radical (unpaired) electrons. The van der Waals surface area contributed by atoms with Crippen molar-refractivity contribution in [2.45, 2.75) is 76.7 Å². The highest BCUT2D eigenvalue weighted by atomic mass is 35.5. The van der Waals surface area contributed by atoms with Crippen molar-refractivity contribution < 1.29 is 19.5 Å². The summed E-state index contributed by atoms with van der Waals surface area (Å²) in [6.07, 6.45) is 12.7. The molecule has 39 heavy (non-hydrogen) atoms. The van der Waals surface area contributed by atoms with Crippen molar-refractivity contribution in [3.63, 3.8) is 0 Å². The van der Waals surface area contributed by atoms with Crippen LogP contribution in [0.5, 0.6) is 0 Å². The van der Waals surface area contributed by atoms with Gasteiger partial charge in [0.25, 0.3) is 0 Å². The normalized spacial score (nSPS) is 18.3. The molecule has 1 aliphatic carbocycles. The number of halogens is 1. The van der Waals surface area contributed by atoms with Gasteiger partial charge in [0.2, 0.25) is 5.91 Å². The molecular formula is C29H40ClN5O4. The zero-order valence-electron chi connectivity index (χ0n) is 22.5. The molecule has 2 aromatic rings. The van der Waals surface area contributed by atoms with Crippen molar-refractivity contribution in [1.82, 2.24) is 25.5 Å². The lowest BCUT2D eigenvalue weighted by Gasteiger charge is -2.48. The van der Waals surface area contributed by atoms with E-state index < -0.39 is 18.0 Å². The SMILES string of the molecule is O=C(O)CCC1(C2CCCCC2)CCN(C(=O)[C@H](Cc2ccc(Cl)cc2)NC(=O)NCCc2c[nH]cn2)CC1. The van der Waals surface area contributed by atoms with Gasteiger partial charge in [0.05, 0.1) is 12.0 Å². The third-order valence-corrected chi connectivity index (χ3v) is 8.81. The number of carboxylic acid groups (broad SMARTS) is 1. The lowest BCUT2D eigenvalue weighted by atomic mass is 9.61. The molecule has 0 bridgehead atoms. The fraction of sp³-hybridized carbons (Fsp3) is 0.586. The molecule has 4 rings (SSSR count). The number of hydrogen-bond acceptors (Lipinski definition) is 4. The van der Waals surface area contributed by atoms with Crippen LogP contribution in [0.2, 0.25) is 5.02 Å². The van der Waals surface area contributed by atoms with Crippen molar-refractivity contribution in [2.75, 3.05) is 19.6 Å². The van der Waals surface area contributed by atoms with E-state index in [-0.39, 0.29) is 17.7 Å². The summed E-state index contributed by atoms with van der Waals surface area (Å²) < 4.78 is 0. The number of carboxylic acids is 1. The van der Waals surface area contributed by atoms with Crippen LogP contribution >= 0.6 is 11.6 Å². The predicted molar refractivity (Wildman–Crippen MR) is 149 cm³/mol. The van der Waals surface area contributed by atoms with Gasteiger partial charge in [-0.1, -0.05) is 43.0 Å². The van der Waals surface area contributed by atoms with E-state index >= 15 is 0 Å². The number of aliphatic carboxylic acids is 1. The minimum absolute atomic E-state index is 0.0294. The standard InChI is InChI=1S/C29H40ClN5O4/c30-23-8-6-21(7-9-23)18-25(34-28(39)32-15-11-24-19-31-20-33-24)27(38)35-16-13-29(14-17-35,12-10-26(36)37)22-4-2-1-3-5-22/h6-9,19-20,22,25H,1-5,10-18H2,(H,31,33)(H,36,37)(H2,32,34,39)/t25-/m0/s1. The Bertz CT molecular complexity index is 1080. The zero-order valence-corrected chi connectivity index (χ0v) is 23.2. The number of benzene rings is 1. The maximum absolute atomic E-state index is 13.8. The Morgan fingerprint density at radius 3 is 2.49 bits per heavy atom. The molecule has 4 N–H and O–H groups in total. The highest BCUT2D eigenvalue weighted by Gasteiger charge is 2.43. The number of likely N-dealkylation sites (tertiary alicyclic amines) is 1. The molecule has 1 aromatic heterocycles. The molecule has 1 atom stereocenters. The van der Waals surface area contributed by atoms with Crippen molar-refractivity contribution in [3.05, 3.63) is 53.1 Å². The second kappa shape index (κ2) is 13.8. The Morgan fingerprint density at radius 2 is 1.85 bits per heavy atom. The Hall–Kier alpha value is -3.07. The van der Waals surface area contributed by atoms with E-state index in [9.17, 15) is 19.5 Å². The molecule has 1 aliphatic heterocycles. The van der Waals surface area contributed by atoms with Gasteiger partial charge in [0.15, 0.2) is 0 Å². The van der Waals surface area contributed by atoms with Gasteiger partial charge in [-0.05, 0) is 61.1 Å². The van der Waals surface area contributed by atoms with Gasteiger partial charge < -0.3 is 25.6 Å². The second-order valence-electron chi connectivity index (χ2n) is 11.0. The van der Waals surface area contributed by atoms with Crippen LogP contribution in [0.4, 0.5) is 4.79 Å². The fourth-order valence-corrected chi connectivity index (χ4v) is 6.45. The third-order valence-electron chi connectivity index (χ3n) is 8.56. The van der Waals surface area contributed by atoms with Gasteiger partial charge in [-0.3, -0.25) is 9.59 Å². The Morgan fingerprint density at radius 1 is 1.13 bits per heavy atom. The summed E-state index contributed by atoms with van der Waals surface area (Å²) in [6, 6.07) is 6.19. The summed E-state index contributed by atoms with van der Waals surface area (Å²) >= 11 is 6.05. The average Bonchev–Trinajstić information content (AvgIpc) is 3.47. The molecular weight excluding hydrogens is 518 g/mol. The van der Waals surface area contributed by atoms with E-state index in [1.54, 1.807) is 24.7 Å². The first-order valence-electron chi connectivity index (χ1n) is 14.1. The molecule has 9 nitrogen and oxygen atoms in total. The van der Waals surface area contributed by atoms with Crippen molar-refractivity contribution in [1.29, 1.82) is 0 Å². The van der Waals surface area contributed by atoms with E-state index in [4.69, 9.17) is 11.6 Å². The number of imidazole rings is 1. The lowest BCUT2D eigenvalue weighted by Crippen LogP contribution is -2.55. The molecule has 0 unspecified atom stereocenters. The highest BCUT2D eigenvalue weighted by Crippen LogP contribution is 2.49. The maximum Gasteiger partial charge on any atom is 0.315 e. The van der Waals surface area contributed by atoms with Crippen molar-refractivity contribution >= 4 is 29.5 Å². The van der Waals surface area contributed by atoms with Crippen LogP contribution in [0, 0.1) is 11.3 Å². The van der Waals surface area contributed by atoms with Crippen LogP contribution < -0.4 is 10.6 Å². The Kier molecular flexibility index (Phi) is 10.3. The van der Waals surface area contributed by atoms with Crippen LogP contribution in [0.15, 0.2) is 36.8 Å². The zero-order chi connectivity index (χ0) is 27.7. The molecule has 0 spiro atoms. The number of urea groups is 1. The highest BCUT2D eigenvalue weighted by molar-refractivity contribution is 6.30. The average molecular weight is 558 g/mol. The quantitative estimate of drug-likeness (QED) is 0.322. The van der Waals surface area contributed by atoms with Gasteiger partial charge >= 0.3 is 12.0 Å². The monoisotopic (exact) mass is 557 g/mol. The first-order valence-corrected chi connectivity index (χ1v) is 14.5. The summed E-state index contributed by atoms with van der Waals surface area (Å²) in [6.45, 7) is 1.55. The third kappa shape index (κ3) is 8.21. The van der Waals surface area contributed by atoms with Crippen molar-refractivity contribution in [2.24, 2.45) is 11.3 Å². The van der Waals surface area contributed by atoms with Crippen LogP contribution in [0.1, 0.15) is 69.0 Å². The molecule has 1 aromatic carbocycles. The number of nitrogens with one attached hydrogen (secondary N) is 3. The summed E-state index contributed by atoms with van der Waals surface area (Å²) in [4.78, 5) is 46.9. The molecule has 1 saturated heterocycles. The van der Waals surface area contributed by atoms with E-state index in [1.807, 2.05) is 17.0 Å². The molecule has 2 fully saturated rings. The van der Waals surface area contributed by atoms with Gasteiger partial charge in [-0.2, -0.15) is 0 Å². The number of amides is 3. The fourth-order valence-electron chi connectivity index (χ4n) is 6.32. The van der Waals surface area contributed by atoms with Gasteiger partial charge in [-0.15, -0.1) is 0 Å². The number of rotatable bonds is 11. The summed E-state index contributed by atoms with van der Waals surface area (Å²) in [5, 5.41) is 15.8. The number of nitrogens with zero attached hydrogens (tertiary/aromatic N) is 2. The number of carbonyl (C=O) groups is 3. The van der Waals surface area contributed by atoms with Gasteiger partial charge in [0.1, 0.15) is 6.04 Å². The predicted octanol–water partition coefficient (Wildman–Crippen LogP) is 4.57. The maximum atomic E-state index is 13.8. The molecule has 1 saturated carbocycles. The number of hydrogen-bond donors (Lipinski definition) is 4. The number of carbonyl (C=O) groups excluding carboxylic acids is 2. The lowest BCUT2D eigenvalue weighted by molar-refractivity contribution is -0.140. The number of aromatic nitrogens is 2. The number of piperidine rings is 1. The van der Waals surface area contributed by atoms with E-state index in [0.717, 1.165) is 36.9 Å². The van der Waals surface area contributed by atoms with E-state index in [1.165, 1.54) is 19.3 Å². The van der Waals surface area contributed by atoms with Gasteiger partial charge in [-0.25, -0.2) is 9.78 Å². The molecule has 3 amide bonds. The Balaban J connectivity index is 1.41. The largest absolute Gasteiger partial charge is 0.481 e. The minimum atomic E-state index is -0.755. The summed E-state index contributed by atoms with van der Waals surface area (Å²) in [5.74, 6) is -0.344. The topological polar surface area (TPSA) is 127 Å². The van der Waals surface area contributed by atoms with E-state index in [0.29, 0.717) is 49.8 Å². The van der Waals surface area contributed by atoms with Crippen molar-refractivity contribution in [3.8, 4) is 0 Å². The molecule has 10 heteroatoms. The molecule has 212 valence electrons. The summed E-state index contributed by atoms with van der Waals surface area (Å²) in [5.41, 5.74) is 1.73. The molecule has 2 aliphatic rings. The second-order valence-corrected chi connectivity index (χ2v) is 11.4. The van der Waals surface area contributed by atoms with E-state index in [2.05, 4.69) is 20.6 Å². The number of H-pyrrole nitrogens is 1.